The third kappa shape index (κ3) is 4.31. The highest BCUT2D eigenvalue weighted by Gasteiger charge is 2.21. The molecule has 0 bridgehead atoms. The fraction of sp³-hybridized carbons (Fsp3) is 0.294. The zero-order chi connectivity index (χ0) is 16.0. The van der Waals surface area contributed by atoms with Crippen molar-refractivity contribution < 1.29 is 9.59 Å². The van der Waals surface area contributed by atoms with E-state index in [0.717, 1.165) is 16.7 Å². The average molecular weight is 286 g/mol. The lowest BCUT2D eigenvalue weighted by Crippen LogP contribution is -2.40. The van der Waals surface area contributed by atoms with Crippen molar-refractivity contribution in [3.8, 4) is 0 Å². The highest BCUT2D eigenvalue weighted by atomic mass is 16.2. The lowest BCUT2D eigenvalue weighted by atomic mass is 10.1. The molecule has 0 saturated heterocycles. The zero-order valence-electron chi connectivity index (χ0n) is 12.9. The monoisotopic (exact) mass is 286 g/mol. The number of aryl methyl sites for hydroxylation is 3. The standard InChI is InChI=1S/C17H22N2O2/c1-6-8-19(9-7-2)17(21)16(20)18-15-13(4)10-12(3)11-14(15)5/h6-7,10-11H,1-2,8-9H2,3-5H3,(H,18,20). The summed E-state index contributed by atoms with van der Waals surface area (Å²) in [4.78, 5) is 25.6. The van der Waals surface area contributed by atoms with E-state index in [-0.39, 0.29) is 0 Å². The van der Waals surface area contributed by atoms with E-state index < -0.39 is 11.8 Å². The Kier molecular flexibility index (Phi) is 5.91. The van der Waals surface area contributed by atoms with Gasteiger partial charge in [-0.3, -0.25) is 9.59 Å². The number of nitrogens with zero attached hydrogens (tertiary/aromatic N) is 1. The van der Waals surface area contributed by atoms with Gasteiger partial charge in [-0.05, 0) is 31.9 Å². The van der Waals surface area contributed by atoms with E-state index in [4.69, 9.17) is 0 Å². The van der Waals surface area contributed by atoms with Crippen LogP contribution in [0.4, 0.5) is 5.69 Å². The van der Waals surface area contributed by atoms with E-state index in [0.29, 0.717) is 18.8 Å². The Balaban J connectivity index is 2.92. The van der Waals surface area contributed by atoms with E-state index >= 15 is 0 Å². The molecule has 21 heavy (non-hydrogen) atoms. The highest BCUT2D eigenvalue weighted by Crippen LogP contribution is 2.21. The van der Waals surface area contributed by atoms with Gasteiger partial charge in [0.05, 0.1) is 0 Å². The Morgan fingerprint density at radius 3 is 2.00 bits per heavy atom. The van der Waals surface area contributed by atoms with Crippen LogP contribution in [0.15, 0.2) is 37.4 Å². The zero-order valence-corrected chi connectivity index (χ0v) is 12.9. The molecule has 0 aliphatic heterocycles. The smallest absolute Gasteiger partial charge is 0.313 e. The Bertz CT molecular complexity index is 543. The fourth-order valence-corrected chi connectivity index (χ4v) is 2.24. The lowest BCUT2D eigenvalue weighted by molar-refractivity contribution is -0.142. The Morgan fingerprint density at radius 2 is 1.57 bits per heavy atom. The third-order valence-corrected chi connectivity index (χ3v) is 3.10. The quantitative estimate of drug-likeness (QED) is 0.668. The van der Waals surface area contributed by atoms with Crippen LogP contribution in [0.1, 0.15) is 16.7 Å². The van der Waals surface area contributed by atoms with Gasteiger partial charge in [-0.2, -0.15) is 0 Å². The predicted molar refractivity (Wildman–Crippen MR) is 86.3 cm³/mol. The van der Waals surface area contributed by atoms with Crippen molar-refractivity contribution in [1.82, 2.24) is 4.90 Å². The summed E-state index contributed by atoms with van der Waals surface area (Å²) >= 11 is 0. The van der Waals surface area contributed by atoms with Crippen LogP contribution in [0.25, 0.3) is 0 Å². The van der Waals surface area contributed by atoms with Crippen molar-refractivity contribution in [2.75, 3.05) is 18.4 Å². The van der Waals surface area contributed by atoms with Crippen molar-refractivity contribution in [3.63, 3.8) is 0 Å². The molecule has 0 atom stereocenters. The summed E-state index contributed by atoms with van der Waals surface area (Å²) in [5.41, 5.74) is 3.69. The van der Waals surface area contributed by atoms with Crippen LogP contribution < -0.4 is 5.32 Å². The molecule has 0 radical (unpaired) electrons. The van der Waals surface area contributed by atoms with Gasteiger partial charge in [-0.15, -0.1) is 13.2 Å². The summed E-state index contributed by atoms with van der Waals surface area (Å²) in [5, 5.41) is 2.70. The largest absolute Gasteiger partial charge is 0.327 e. The maximum absolute atomic E-state index is 12.1. The molecule has 0 aliphatic rings. The minimum atomic E-state index is -0.645. The molecule has 0 heterocycles. The van der Waals surface area contributed by atoms with Crippen LogP contribution in [0, 0.1) is 20.8 Å². The number of amides is 2. The van der Waals surface area contributed by atoms with Gasteiger partial charge in [-0.1, -0.05) is 29.8 Å². The first kappa shape index (κ1) is 16.7. The van der Waals surface area contributed by atoms with Crippen molar-refractivity contribution in [2.45, 2.75) is 20.8 Å². The van der Waals surface area contributed by atoms with E-state index in [2.05, 4.69) is 18.5 Å². The van der Waals surface area contributed by atoms with Gasteiger partial charge in [0, 0.05) is 18.8 Å². The minimum absolute atomic E-state index is 0.310. The molecule has 0 unspecified atom stereocenters. The molecule has 1 N–H and O–H groups in total. The summed E-state index contributed by atoms with van der Waals surface area (Å²) in [5.74, 6) is -1.23. The molecule has 112 valence electrons. The van der Waals surface area contributed by atoms with Crippen LogP contribution in [0.2, 0.25) is 0 Å². The number of carbonyl (C=O) groups is 2. The molecule has 0 saturated carbocycles. The average Bonchev–Trinajstić information content (AvgIpc) is 2.41. The molecule has 0 spiro atoms. The van der Waals surface area contributed by atoms with Crippen LogP contribution in [-0.2, 0) is 9.59 Å². The van der Waals surface area contributed by atoms with Gasteiger partial charge in [-0.25, -0.2) is 0 Å². The number of anilines is 1. The number of rotatable bonds is 5. The van der Waals surface area contributed by atoms with Gasteiger partial charge in [0.25, 0.3) is 0 Å². The Morgan fingerprint density at radius 1 is 1.10 bits per heavy atom. The Hall–Kier alpha value is -2.36. The number of benzene rings is 1. The first-order chi connectivity index (χ1) is 9.90. The molecule has 1 rings (SSSR count). The first-order valence-corrected chi connectivity index (χ1v) is 6.80. The van der Waals surface area contributed by atoms with Crippen LogP contribution >= 0.6 is 0 Å². The van der Waals surface area contributed by atoms with E-state index in [9.17, 15) is 9.59 Å². The molecule has 2 amide bonds. The van der Waals surface area contributed by atoms with E-state index in [1.54, 1.807) is 12.2 Å². The van der Waals surface area contributed by atoms with Crippen molar-refractivity contribution in [3.05, 3.63) is 54.1 Å². The third-order valence-electron chi connectivity index (χ3n) is 3.10. The minimum Gasteiger partial charge on any atom is -0.327 e. The second kappa shape index (κ2) is 7.43. The van der Waals surface area contributed by atoms with Gasteiger partial charge in [0.1, 0.15) is 0 Å². The number of carbonyl (C=O) groups excluding carboxylic acids is 2. The molecule has 4 nitrogen and oxygen atoms in total. The van der Waals surface area contributed by atoms with Crippen molar-refractivity contribution in [2.24, 2.45) is 0 Å². The summed E-state index contributed by atoms with van der Waals surface area (Å²) in [7, 11) is 0. The fourth-order valence-electron chi connectivity index (χ4n) is 2.24. The Labute approximate surface area is 126 Å². The van der Waals surface area contributed by atoms with Gasteiger partial charge >= 0.3 is 11.8 Å². The molecule has 1 aromatic carbocycles. The van der Waals surface area contributed by atoms with Gasteiger partial charge < -0.3 is 10.2 Å². The first-order valence-electron chi connectivity index (χ1n) is 6.80. The number of hydrogen-bond acceptors (Lipinski definition) is 2. The summed E-state index contributed by atoms with van der Waals surface area (Å²) in [6, 6.07) is 3.94. The maximum Gasteiger partial charge on any atom is 0.313 e. The van der Waals surface area contributed by atoms with Gasteiger partial charge in [0.2, 0.25) is 0 Å². The second-order valence-electron chi connectivity index (χ2n) is 5.02. The van der Waals surface area contributed by atoms with Crippen molar-refractivity contribution >= 4 is 17.5 Å². The molecular weight excluding hydrogens is 264 g/mol. The SMILES string of the molecule is C=CCN(CC=C)C(=O)C(=O)Nc1c(C)cc(C)cc1C. The van der Waals surface area contributed by atoms with Crippen LogP contribution in [0.5, 0.6) is 0 Å². The summed E-state index contributed by atoms with van der Waals surface area (Å²) < 4.78 is 0. The molecule has 1 aromatic rings. The van der Waals surface area contributed by atoms with Crippen LogP contribution in [-0.4, -0.2) is 29.8 Å². The number of nitrogens with one attached hydrogen (secondary N) is 1. The highest BCUT2D eigenvalue weighted by molar-refractivity contribution is 6.39. The molecule has 0 aliphatic carbocycles. The second-order valence-corrected chi connectivity index (χ2v) is 5.02. The van der Waals surface area contributed by atoms with Gasteiger partial charge in [0.15, 0.2) is 0 Å². The summed E-state index contributed by atoms with van der Waals surface area (Å²) in [6.07, 6.45) is 3.16. The normalized spacial score (nSPS) is 9.86. The molecular formula is C17H22N2O2. The number of hydrogen-bond donors (Lipinski definition) is 1. The molecule has 0 aromatic heterocycles. The molecule has 0 fully saturated rings. The summed E-state index contributed by atoms with van der Waals surface area (Å²) in [6.45, 7) is 13.6. The molecule has 4 heteroatoms. The van der Waals surface area contributed by atoms with E-state index in [1.807, 2.05) is 32.9 Å². The lowest BCUT2D eigenvalue weighted by Gasteiger charge is -2.19. The topological polar surface area (TPSA) is 49.4 Å². The maximum atomic E-state index is 12.1. The van der Waals surface area contributed by atoms with Crippen molar-refractivity contribution in [1.29, 1.82) is 0 Å². The van der Waals surface area contributed by atoms with E-state index in [1.165, 1.54) is 4.90 Å². The predicted octanol–water partition coefficient (Wildman–Crippen LogP) is 2.75. The van der Waals surface area contributed by atoms with Crippen LogP contribution in [0.3, 0.4) is 0 Å².